The van der Waals surface area contributed by atoms with Crippen molar-refractivity contribution in [1.82, 2.24) is 0 Å². The fraction of sp³-hybridized carbons (Fsp3) is 1.00. The van der Waals surface area contributed by atoms with Gasteiger partial charge in [-0.05, 0) is 0 Å². The van der Waals surface area contributed by atoms with Crippen molar-refractivity contribution in [2.24, 2.45) is 0 Å². The minimum atomic E-state index is -1.11. The summed E-state index contributed by atoms with van der Waals surface area (Å²) in [7, 11) is 0. The molecule has 0 saturated heterocycles. The first-order valence-electron chi connectivity index (χ1n) is 3.02. The summed E-state index contributed by atoms with van der Waals surface area (Å²) in [6, 6.07) is 0. The second-order valence-corrected chi connectivity index (χ2v) is 37.1. The molecule has 0 spiro atoms. The van der Waals surface area contributed by atoms with Crippen molar-refractivity contribution >= 4 is 0 Å². The van der Waals surface area contributed by atoms with Gasteiger partial charge in [-0.25, -0.2) is 0 Å². The van der Waals surface area contributed by atoms with Gasteiger partial charge in [0, 0.05) is 0 Å². The van der Waals surface area contributed by atoms with Crippen molar-refractivity contribution in [3.8, 4) is 0 Å². The predicted octanol–water partition coefficient (Wildman–Crippen LogP) is 4.31. The zero-order valence-corrected chi connectivity index (χ0v) is 15.4. The Morgan fingerprint density at radius 3 is 0.385 bits per heavy atom. The van der Waals surface area contributed by atoms with Crippen LogP contribution in [0.1, 0.15) is 0 Å². The fourth-order valence-electron chi connectivity index (χ4n) is 0. The molecule has 88 valence electrons. The summed E-state index contributed by atoms with van der Waals surface area (Å²) in [5, 5.41) is 19.1. The molecule has 0 unspecified atom stereocenters. The molecule has 3 nitrogen and oxygen atoms in total. The zero-order valence-electron chi connectivity index (χ0n) is 9.98. The third-order valence-electron chi connectivity index (χ3n) is 0. The molecule has 0 aliphatic carbocycles. The Labute approximate surface area is 90.3 Å². The van der Waals surface area contributed by atoms with E-state index in [1.165, 1.54) is 0 Å². The Kier molecular flexibility index (Phi) is 25.4. The minimum absolute atomic E-state index is 0. The van der Waals surface area contributed by atoms with Crippen LogP contribution in [0.5, 0.6) is 0 Å². The molecule has 0 radical (unpaired) electrons. The number of rotatable bonds is 0. The van der Waals surface area contributed by atoms with Crippen molar-refractivity contribution in [3.05, 3.63) is 0 Å². The monoisotopic (exact) mass is 542 g/mol. The zero-order chi connectivity index (χ0) is 9.00. The van der Waals surface area contributed by atoms with Crippen LogP contribution in [-0.4, -0.2) is 0 Å². The SMILES string of the molecule is [CH3][Re+3]([CH3])([CH3])[CH3].[CH3][Re+3]([CH3])([CH3])[CH3].[O-2].[O-2].[O-2]. The standard InChI is InChI=1S/8CH3.3O.2Re/h8*1H3;;;;;/q;;;;;;;;3*-2;2*+3. The smallest absolute Gasteiger partial charge is 2.00 e. The first-order chi connectivity index (χ1) is 4.00. The van der Waals surface area contributed by atoms with E-state index in [2.05, 4.69) is 43.2 Å². The maximum atomic E-state index is 2.39. The first-order valence-corrected chi connectivity index (χ1v) is 24.8. The van der Waals surface area contributed by atoms with Crippen LogP contribution >= 0.6 is 0 Å². The van der Waals surface area contributed by atoms with Crippen molar-refractivity contribution in [1.29, 1.82) is 0 Å². The Bertz CT molecular complexity index is 60.4. The molecule has 0 rings (SSSR count). The van der Waals surface area contributed by atoms with E-state index in [9.17, 15) is 0 Å². The van der Waals surface area contributed by atoms with Gasteiger partial charge in [0.2, 0.25) is 0 Å². The Morgan fingerprint density at radius 2 is 0.385 bits per heavy atom. The van der Waals surface area contributed by atoms with Gasteiger partial charge in [-0.15, -0.1) is 0 Å². The van der Waals surface area contributed by atoms with Gasteiger partial charge in [-0.1, -0.05) is 0 Å². The Morgan fingerprint density at radius 1 is 0.385 bits per heavy atom. The molecule has 0 amide bonds. The molecule has 0 bridgehead atoms. The molecule has 0 atom stereocenters. The normalized spacial score (nSPS) is 9.23. The van der Waals surface area contributed by atoms with Gasteiger partial charge in [0.05, 0.1) is 0 Å². The molecule has 0 aromatic carbocycles. The van der Waals surface area contributed by atoms with Crippen LogP contribution in [0.4, 0.5) is 0 Å². The number of hydrogen-bond donors (Lipinski definition) is 0. The summed E-state index contributed by atoms with van der Waals surface area (Å²) in [5.41, 5.74) is 0. The summed E-state index contributed by atoms with van der Waals surface area (Å²) in [4.78, 5) is 0. The van der Waals surface area contributed by atoms with Crippen molar-refractivity contribution in [3.63, 3.8) is 0 Å². The van der Waals surface area contributed by atoms with Crippen molar-refractivity contribution in [2.45, 2.75) is 43.2 Å². The predicted molar refractivity (Wildman–Crippen MR) is 49.0 cm³/mol. The van der Waals surface area contributed by atoms with E-state index in [1.807, 2.05) is 0 Å². The van der Waals surface area contributed by atoms with E-state index in [4.69, 9.17) is 0 Å². The molecule has 0 aromatic rings. The van der Waals surface area contributed by atoms with Gasteiger partial charge in [0.15, 0.2) is 0 Å². The molecule has 0 N–H and O–H groups in total. The topological polar surface area (TPSA) is 85.5 Å². The van der Waals surface area contributed by atoms with E-state index in [0.29, 0.717) is 0 Å². The van der Waals surface area contributed by atoms with Crippen LogP contribution in [0.2, 0.25) is 43.2 Å². The summed E-state index contributed by atoms with van der Waals surface area (Å²) < 4.78 is 0. The molecule has 0 aliphatic heterocycles. The quantitative estimate of drug-likeness (QED) is 0.439. The third kappa shape index (κ3) is 1140. The molecular weight excluding hydrogens is 516 g/mol. The minimum Gasteiger partial charge on any atom is -2.00 e. The van der Waals surface area contributed by atoms with Gasteiger partial charge in [-0.3, -0.25) is 0 Å². The van der Waals surface area contributed by atoms with E-state index < -0.39 is 31.1 Å². The molecule has 0 aromatic heterocycles. The molecule has 0 heterocycles. The van der Waals surface area contributed by atoms with Gasteiger partial charge >= 0.3 is 74.2 Å². The largest absolute Gasteiger partial charge is 2.00 e. The summed E-state index contributed by atoms with van der Waals surface area (Å²) >= 11 is -2.22. The second kappa shape index (κ2) is 11.3. The second-order valence-electron chi connectivity index (χ2n) is 4.54. The van der Waals surface area contributed by atoms with E-state index >= 15 is 0 Å². The van der Waals surface area contributed by atoms with Gasteiger partial charge in [-0.2, -0.15) is 0 Å². The molecule has 0 fully saturated rings. The fourth-order valence-corrected chi connectivity index (χ4v) is 0. The van der Waals surface area contributed by atoms with Gasteiger partial charge in [0.1, 0.15) is 0 Å². The molecule has 5 heteroatoms. The van der Waals surface area contributed by atoms with Crippen LogP contribution in [0, 0.1) is 0 Å². The Hall–Kier alpha value is 1.20. The van der Waals surface area contributed by atoms with Crippen LogP contribution in [0.25, 0.3) is 0 Å². The molecular formula is C8H24O3Re2. The summed E-state index contributed by atoms with van der Waals surface area (Å²) in [6.07, 6.45) is 0. The van der Waals surface area contributed by atoms with Gasteiger partial charge < -0.3 is 16.4 Å². The average molecular weight is 541 g/mol. The van der Waals surface area contributed by atoms with Crippen LogP contribution in [-0.2, 0) is 47.5 Å². The van der Waals surface area contributed by atoms with Crippen molar-refractivity contribution < 1.29 is 47.5 Å². The van der Waals surface area contributed by atoms with E-state index in [1.54, 1.807) is 0 Å². The summed E-state index contributed by atoms with van der Waals surface area (Å²) in [6.45, 7) is 0. The molecule has 13 heavy (non-hydrogen) atoms. The average Bonchev–Trinajstić information content (AvgIpc) is 1.12. The summed E-state index contributed by atoms with van der Waals surface area (Å²) in [5.74, 6) is 0. The molecule has 0 aliphatic rings. The Balaban J connectivity index is -0.0000000267. The van der Waals surface area contributed by atoms with Crippen molar-refractivity contribution in [2.75, 3.05) is 0 Å². The number of hydrogen-bond acceptors (Lipinski definition) is 0. The van der Waals surface area contributed by atoms with Crippen LogP contribution < -0.4 is 0 Å². The van der Waals surface area contributed by atoms with Crippen LogP contribution in [0.15, 0.2) is 0 Å². The third-order valence-corrected chi connectivity index (χ3v) is 0. The maximum Gasteiger partial charge on any atom is -2.00 e. The maximum absolute atomic E-state index is 2.39. The van der Waals surface area contributed by atoms with Gasteiger partial charge in [0.25, 0.3) is 0 Å². The first kappa shape index (κ1) is 29.2. The van der Waals surface area contributed by atoms with E-state index in [0.717, 1.165) is 0 Å². The van der Waals surface area contributed by atoms with E-state index in [-0.39, 0.29) is 16.4 Å². The van der Waals surface area contributed by atoms with Crippen LogP contribution in [0.3, 0.4) is 0 Å². The molecule has 0 saturated carbocycles.